The molecule has 1 saturated heterocycles. The van der Waals surface area contributed by atoms with Gasteiger partial charge in [-0.1, -0.05) is 17.7 Å². The van der Waals surface area contributed by atoms with Crippen LogP contribution >= 0.6 is 23.8 Å². The number of hydrogen-bond donors (Lipinski definition) is 1. The molecule has 0 saturated carbocycles. The summed E-state index contributed by atoms with van der Waals surface area (Å²) in [7, 11) is 4.62. The molecule has 2 aromatic carbocycles. The van der Waals surface area contributed by atoms with Gasteiger partial charge in [0.15, 0.2) is 16.6 Å². The first kappa shape index (κ1) is 19.0. The molecular formula is C19H17ClN2O4S. The lowest BCUT2D eigenvalue weighted by atomic mass is 10.1. The number of nitrogens with zero attached hydrogens (tertiary/aromatic N) is 1. The van der Waals surface area contributed by atoms with E-state index in [9.17, 15) is 4.79 Å². The maximum atomic E-state index is 12.9. The van der Waals surface area contributed by atoms with Gasteiger partial charge in [0, 0.05) is 16.7 Å². The molecule has 1 N–H and O–H groups in total. The van der Waals surface area contributed by atoms with Gasteiger partial charge < -0.3 is 19.5 Å². The number of hydrogen-bond acceptors (Lipinski definition) is 5. The van der Waals surface area contributed by atoms with Gasteiger partial charge in [-0.2, -0.15) is 0 Å². The van der Waals surface area contributed by atoms with E-state index in [0.717, 1.165) is 0 Å². The van der Waals surface area contributed by atoms with Crippen molar-refractivity contribution in [2.24, 2.45) is 0 Å². The number of ether oxygens (including phenoxy) is 3. The highest BCUT2D eigenvalue weighted by atomic mass is 35.5. The molecule has 0 bridgehead atoms. The van der Waals surface area contributed by atoms with Crippen LogP contribution < -0.4 is 24.4 Å². The summed E-state index contributed by atoms with van der Waals surface area (Å²) in [5.41, 5.74) is 1.54. The molecule has 1 amide bonds. The Morgan fingerprint density at radius 1 is 1.04 bits per heavy atom. The van der Waals surface area contributed by atoms with E-state index in [1.54, 1.807) is 49.6 Å². The maximum absolute atomic E-state index is 12.9. The van der Waals surface area contributed by atoms with Crippen LogP contribution in [-0.4, -0.2) is 32.3 Å². The van der Waals surface area contributed by atoms with Crippen LogP contribution in [0.15, 0.2) is 42.1 Å². The third-order valence-electron chi connectivity index (χ3n) is 3.98. The molecule has 8 heteroatoms. The van der Waals surface area contributed by atoms with Crippen LogP contribution in [0.1, 0.15) is 5.56 Å². The zero-order valence-corrected chi connectivity index (χ0v) is 16.5. The van der Waals surface area contributed by atoms with Crippen LogP contribution in [0.4, 0.5) is 5.69 Å². The van der Waals surface area contributed by atoms with E-state index in [0.29, 0.717) is 39.2 Å². The summed E-state index contributed by atoms with van der Waals surface area (Å²) >= 11 is 11.3. The quantitative estimate of drug-likeness (QED) is 0.606. The standard InChI is InChI=1S/C19H17ClN2O4S/c1-24-15-10-17(26-3)16(25-2)8-11(15)7-14-18(23)22(19(27)21-14)13-6-4-5-12(20)9-13/h4-10H,1-3H3,(H,21,27)/b14-7-. The predicted molar refractivity (Wildman–Crippen MR) is 109 cm³/mol. The lowest BCUT2D eigenvalue weighted by Gasteiger charge is -2.14. The number of rotatable bonds is 5. The molecule has 1 heterocycles. The molecule has 0 atom stereocenters. The normalized spacial score (nSPS) is 15.1. The van der Waals surface area contributed by atoms with Crippen molar-refractivity contribution < 1.29 is 19.0 Å². The summed E-state index contributed by atoms with van der Waals surface area (Å²) in [5, 5.41) is 3.72. The fourth-order valence-corrected chi connectivity index (χ4v) is 3.19. The monoisotopic (exact) mass is 404 g/mol. The minimum absolute atomic E-state index is 0.271. The summed E-state index contributed by atoms with van der Waals surface area (Å²) in [6.07, 6.45) is 1.65. The second-order valence-electron chi connectivity index (χ2n) is 5.56. The summed E-state index contributed by atoms with van der Waals surface area (Å²) < 4.78 is 16.0. The fourth-order valence-electron chi connectivity index (χ4n) is 2.71. The minimum Gasteiger partial charge on any atom is -0.496 e. The van der Waals surface area contributed by atoms with Gasteiger partial charge in [0.2, 0.25) is 0 Å². The Balaban J connectivity index is 2.01. The van der Waals surface area contributed by atoms with Crippen molar-refractivity contribution in [1.82, 2.24) is 5.32 Å². The zero-order valence-electron chi connectivity index (χ0n) is 14.9. The first-order chi connectivity index (χ1) is 13.0. The fraction of sp³-hybridized carbons (Fsp3) is 0.158. The van der Waals surface area contributed by atoms with Gasteiger partial charge in [0.05, 0.1) is 27.0 Å². The molecule has 27 heavy (non-hydrogen) atoms. The highest BCUT2D eigenvalue weighted by molar-refractivity contribution is 7.80. The number of amides is 1. The Kier molecular flexibility index (Phi) is 5.53. The lowest BCUT2D eigenvalue weighted by molar-refractivity contribution is -0.113. The predicted octanol–water partition coefficient (Wildman–Crippen LogP) is 3.63. The zero-order chi connectivity index (χ0) is 19.6. The average Bonchev–Trinajstić information content (AvgIpc) is 2.94. The first-order valence-corrected chi connectivity index (χ1v) is 8.69. The molecule has 0 aromatic heterocycles. The van der Waals surface area contributed by atoms with Gasteiger partial charge in [0.1, 0.15) is 11.4 Å². The molecule has 3 rings (SSSR count). The second-order valence-corrected chi connectivity index (χ2v) is 6.38. The number of benzene rings is 2. The van der Waals surface area contributed by atoms with E-state index in [-0.39, 0.29) is 11.0 Å². The van der Waals surface area contributed by atoms with Crippen LogP contribution in [0.3, 0.4) is 0 Å². The van der Waals surface area contributed by atoms with Crippen molar-refractivity contribution in [2.45, 2.75) is 0 Å². The Bertz CT molecular complexity index is 945. The molecule has 0 aliphatic carbocycles. The van der Waals surface area contributed by atoms with Crippen molar-refractivity contribution in [3.63, 3.8) is 0 Å². The molecule has 0 radical (unpaired) electrons. The van der Waals surface area contributed by atoms with Crippen LogP contribution in [0.2, 0.25) is 5.02 Å². The van der Waals surface area contributed by atoms with Gasteiger partial charge >= 0.3 is 0 Å². The van der Waals surface area contributed by atoms with Gasteiger partial charge in [-0.3, -0.25) is 9.69 Å². The number of anilines is 1. The molecule has 140 valence electrons. The number of nitrogens with one attached hydrogen (secondary N) is 1. The number of carbonyl (C=O) groups is 1. The highest BCUT2D eigenvalue weighted by Crippen LogP contribution is 2.36. The van der Waals surface area contributed by atoms with E-state index >= 15 is 0 Å². The molecule has 0 spiro atoms. The highest BCUT2D eigenvalue weighted by Gasteiger charge is 2.32. The molecule has 1 aliphatic rings. The number of halogens is 1. The molecule has 1 aliphatic heterocycles. The number of methoxy groups -OCH3 is 3. The summed E-state index contributed by atoms with van der Waals surface area (Å²) in [6.45, 7) is 0. The van der Waals surface area contributed by atoms with Gasteiger partial charge in [-0.15, -0.1) is 0 Å². The first-order valence-electron chi connectivity index (χ1n) is 7.91. The smallest absolute Gasteiger partial charge is 0.281 e. The van der Waals surface area contributed by atoms with E-state index in [2.05, 4.69) is 5.32 Å². The summed E-state index contributed by atoms with van der Waals surface area (Å²) in [6, 6.07) is 10.3. The van der Waals surface area contributed by atoms with E-state index in [1.807, 2.05) is 0 Å². The molecule has 0 unspecified atom stereocenters. The number of carbonyl (C=O) groups excluding carboxylic acids is 1. The van der Waals surface area contributed by atoms with Crippen LogP contribution in [0, 0.1) is 0 Å². The SMILES string of the molecule is COc1cc(OC)c(OC)cc1/C=C1\NC(=S)N(c2cccc(Cl)c2)C1=O. The van der Waals surface area contributed by atoms with Crippen molar-refractivity contribution in [3.8, 4) is 17.2 Å². The summed E-state index contributed by atoms with van der Waals surface area (Å²) in [5.74, 6) is 1.28. The number of thiocarbonyl (C=S) groups is 1. The molecule has 1 fully saturated rings. The van der Waals surface area contributed by atoms with E-state index in [4.69, 9.17) is 38.0 Å². The van der Waals surface area contributed by atoms with Gasteiger partial charge in [0.25, 0.3) is 5.91 Å². The Morgan fingerprint density at radius 2 is 1.70 bits per heavy atom. The van der Waals surface area contributed by atoms with Gasteiger partial charge in [-0.25, -0.2) is 0 Å². The third-order valence-corrected chi connectivity index (χ3v) is 4.50. The van der Waals surface area contributed by atoms with Crippen LogP contribution in [0.5, 0.6) is 17.2 Å². The Morgan fingerprint density at radius 3 is 2.33 bits per heavy atom. The Hall–Kier alpha value is -2.77. The summed E-state index contributed by atoms with van der Waals surface area (Å²) in [4.78, 5) is 14.3. The molecular weight excluding hydrogens is 388 g/mol. The van der Waals surface area contributed by atoms with Crippen molar-refractivity contribution in [2.75, 3.05) is 26.2 Å². The van der Waals surface area contributed by atoms with Crippen molar-refractivity contribution in [3.05, 3.63) is 52.7 Å². The van der Waals surface area contributed by atoms with Crippen molar-refractivity contribution in [1.29, 1.82) is 0 Å². The van der Waals surface area contributed by atoms with Gasteiger partial charge in [-0.05, 0) is 42.6 Å². The third kappa shape index (κ3) is 3.70. The molecule has 2 aromatic rings. The average molecular weight is 405 g/mol. The van der Waals surface area contributed by atoms with Crippen LogP contribution in [-0.2, 0) is 4.79 Å². The maximum Gasteiger partial charge on any atom is 0.281 e. The van der Waals surface area contributed by atoms with E-state index in [1.165, 1.54) is 19.1 Å². The second kappa shape index (κ2) is 7.85. The van der Waals surface area contributed by atoms with Crippen LogP contribution in [0.25, 0.3) is 6.08 Å². The Labute approximate surface area is 167 Å². The largest absolute Gasteiger partial charge is 0.496 e. The minimum atomic E-state index is -0.292. The van der Waals surface area contributed by atoms with Crippen molar-refractivity contribution >= 4 is 46.6 Å². The topological polar surface area (TPSA) is 60.0 Å². The molecule has 6 nitrogen and oxygen atoms in total. The van der Waals surface area contributed by atoms with E-state index < -0.39 is 0 Å². The lowest BCUT2D eigenvalue weighted by Crippen LogP contribution is -2.30.